The highest BCUT2D eigenvalue weighted by Gasteiger charge is 2.16. The molecule has 18 heavy (non-hydrogen) atoms. The molecule has 0 aromatic heterocycles. The Morgan fingerprint density at radius 3 is 2.83 bits per heavy atom. The third-order valence-electron chi connectivity index (χ3n) is 3.52. The second kappa shape index (κ2) is 7.13. The third-order valence-corrected chi connectivity index (χ3v) is 3.77. The fourth-order valence-electron chi connectivity index (χ4n) is 2.61. The van der Waals surface area contributed by atoms with Crippen molar-refractivity contribution in [2.45, 2.75) is 38.8 Å². The highest BCUT2D eigenvalue weighted by molar-refractivity contribution is 6.30. The Morgan fingerprint density at radius 1 is 1.33 bits per heavy atom. The minimum absolute atomic E-state index is 0.657. The van der Waals surface area contributed by atoms with Crippen molar-refractivity contribution in [1.29, 1.82) is 0 Å². The summed E-state index contributed by atoms with van der Waals surface area (Å²) >= 11 is 5.92. The van der Waals surface area contributed by atoms with E-state index in [0.29, 0.717) is 6.04 Å². The summed E-state index contributed by atoms with van der Waals surface area (Å²) in [7, 11) is 0. The molecule has 1 atom stereocenters. The molecule has 0 radical (unpaired) electrons. The number of halogens is 1. The zero-order valence-electron chi connectivity index (χ0n) is 11.2. The van der Waals surface area contributed by atoms with Gasteiger partial charge in [-0.05, 0) is 43.6 Å². The third kappa shape index (κ3) is 4.27. The van der Waals surface area contributed by atoms with Crippen molar-refractivity contribution in [2.24, 2.45) is 0 Å². The summed E-state index contributed by atoms with van der Waals surface area (Å²) in [5.74, 6) is 0. The lowest BCUT2D eigenvalue weighted by Crippen LogP contribution is -2.37. The van der Waals surface area contributed by atoms with Gasteiger partial charge in [-0.3, -0.25) is 4.90 Å². The van der Waals surface area contributed by atoms with E-state index >= 15 is 0 Å². The summed E-state index contributed by atoms with van der Waals surface area (Å²) < 4.78 is 0. The second-order valence-corrected chi connectivity index (χ2v) is 5.59. The van der Waals surface area contributed by atoms with Gasteiger partial charge in [0.2, 0.25) is 0 Å². The Balaban J connectivity index is 1.92. The van der Waals surface area contributed by atoms with E-state index in [-0.39, 0.29) is 0 Å². The quantitative estimate of drug-likeness (QED) is 0.900. The molecular weight excluding hydrogens is 244 g/mol. The molecule has 2 nitrogen and oxygen atoms in total. The molecule has 0 aliphatic carbocycles. The van der Waals surface area contributed by atoms with Gasteiger partial charge >= 0.3 is 0 Å². The fraction of sp³-hybridized carbons (Fsp3) is 0.600. The smallest absolute Gasteiger partial charge is 0.0406 e. The average Bonchev–Trinajstić information content (AvgIpc) is 2.58. The first-order valence-electron chi connectivity index (χ1n) is 6.98. The van der Waals surface area contributed by atoms with Crippen LogP contribution in [0, 0.1) is 0 Å². The Morgan fingerprint density at radius 2 is 2.11 bits per heavy atom. The molecule has 0 bridgehead atoms. The molecule has 1 saturated heterocycles. The number of hydrogen-bond donors (Lipinski definition) is 1. The maximum Gasteiger partial charge on any atom is 0.0406 e. The van der Waals surface area contributed by atoms with Crippen LogP contribution in [-0.2, 0) is 6.54 Å². The monoisotopic (exact) mass is 266 g/mol. The summed E-state index contributed by atoms with van der Waals surface area (Å²) in [5, 5.41) is 4.46. The molecule has 0 spiro atoms. The standard InChI is InChI=1S/C15H23ClN2/c1-2-4-15-12-18(10-3-9-17-15)11-13-5-7-14(16)8-6-13/h5-8,15,17H,2-4,9-12H2,1H3. The van der Waals surface area contributed by atoms with E-state index in [9.17, 15) is 0 Å². The maximum atomic E-state index is 5.92. The predicted molar refractivity (Wildman–Crippen MR) is 78.0 cm³/mol. The van der Waals surface area contributed by atoms with Crippen LogP contribution in [-0.4, -0.2) is 30.6 Å². The van der Waals surface area contributed by atoms with Gasteiger partial charge in [-0.1, -0.05) is 37.1 Å². The largest absolute Gasteiger partial charge is 0.313 e. The van der Waals surface area contributed by atoms with Crippen molar-refractivity contribution in [3.05, 3.63) is 34.9 Å². The molecule has 1 N–H and O–H groups in total. The normalized spacial score (nSPS) is 21.8. The summed E-state index contributed by atoms with van der Waals surface area (Å²) in [6, 6.07) is 8.89. The van der Waals surface area contributed by atoms with E-state index in [1.165, 1.54) is 31.4 Å². The van der Waals surface area contributed by atoms with Crippen LogP contribution < -0.4 is 5.32 Å². The summed E-state index contributed by atoms with van der Waals surface area (Å²) in [4.78, 5) is 2.56. The molecule has 1 aromatic carbocycles. The van der Waals surface area contributed by atoms with E-state index in [1.807, 2.05) is 12.1 Å². The van der Waals surface area contributed by atoms with Gasteiger partial charge < -0.3 is 5.32 Å². The fourth-order valence-corrected chi connectivity index (χ4v) is 2.74. The van der Waals surface area contributed by atoms with Crippen LogP contribution in [0.1, 0.15) is 31.7 Å². The molecule has 0 amide bonds. The van der Waals surface area contributed by atoms with Crippen LogP contribution in [0.5, 0.6) is 0 Å². The van der Waals surface area contributed by atoms with Gasteiger partial charge in [-0.25, -0.2) is 0 Å². The first-order valence-corrected chi connectivity index (χ1v) is 7.36. The van der Waals surface area contributed by atoms with Crippen molar-refractivity contribution in [1.82, 2.24) is 10.2 Å². The van der Waals surface area contributed by atoms with Crippen LogP contribution in [0.25, 0.3) is 0 Å². The topological polar surface area (TPSA) is 15.3 Å². The van der Waals surface area contributed by atoms with Gasteiger partial charge in [0.05, 0.1) is 0 Å². The van der Waals surface area contributed by atoms with E-state index < -0.39 is 0 Å². The van der Waals surface area contributed by atoms with E-state index in [0.717, 1.165) is 24.7 Å². The van der Waals surface area contributed by atoms with E-state index in [1.54, 1.807) is 0 Å². The number of benzene rings is 1. The molecule has 1 aromatic rings. The van der Waals surface area contributed by atoms with Gasteiger partial charge in [0, 0.05) is 24.2 Å². The predicted octanol–water partition coefficient (Wildman–Crippen LogP) is 3.30. The number of nitrogens with one attached hydrogen (secondary N) is 1. The van der Waals surface area contributed by atoms with Crippen molar-refractivity contribution in [2.75, 3.05) is 19.6 Å². The van der Waals surface area contributed by atoms with Gasteiger partial charge in [-0.15, -0.1) is 0 Å². The lowest BCUT2D eigenvalue weighted by molar-refractivity contribution is 0.255. The van der Waals surface area contributed by atoms with Gasteiger partial charge in [-0.2, -0.15) is 0 Å². The molecule has 0 saturated carbocycles. The molecular formula is C15H23ClN2. The van der Waals surface area contributed by atoms with E-state index in [4.69, 9.17) is 11.6 Å². The minimum Gasteiger partial charge on any atom is -0.313 e. The Labute approximate surface area is 115 Å². The van der Waals surface area contributed by atoms with Crippen molar-refractivity contribution in [3.8, 4) is 0 Å². The molecule has 2 rings (SSSR count). The first kappa shape index (κ1) is 13.9. The highest BCUT2D eigenvalue weighted by Crippen LogP contribution is 2.13. The molecule has 1 aliphatic heterocycles. The van der Waals surface area contributed by atoms with Crippen LogP contribution in [0.4, 0.5) is 0 Å². The zero-order chi connectivity index (χ0) is 12.8. The number of hydrogen-bond acceptors (Lipinski definition) is 2. The molecule has 1 fully saturated rings. The zero-order valence-corrected chi connectivity index (χ0v) is 11.9. The average molecular weight is 267 g/mol. The second-order valence-electron chi connectivity index (χ2n) is 5.15. The lowest BCUT2D eigenvalue weighted by Gasteiger charge is -2.24. The molecule has 1 aliphatic rings. The van der Waals surface area contributed by atoms with Crippen LogP contribution >= 0.6 is 11.6 Å². The van der Waals surface area contributed by atoms with Crippen LogP contribution in [0.3, 0.4) is 0 Å². The summed E-state index contributed by atoms with van der Waals surface area (Å²) in [6.45, 7) is 6.81. The molecule has 3 heteroatoms. The van der Waals surface area contributed by atoms with Crippen molar-refractivity contribution >= 4 is 11.6 Å². The highest BCUT2D eigenvalue weighted by atomic mass is 35.5. The maximum absolute atomic E-state index is 5.92. The van der Waals surface area contributed by atoms with E-state index in [2.05, 4.69) is 29.3 Å². The molecule has 1 heterocycles. The number of nitrogens with zero attached hydrogens (tertiary/aromatic N) is 1. The van der Waals surface area contributed by atoms with Crippen LogP contribution in [0.15, 0.2) is 24.3 Å². The summed E-state index contributed by atoms with van der Waals surface area (Å²) in [6.07, 6.45) is 3.78. The van der Waals surface area contributed by atoms with Gasteiger partial charge in [0.25, 0.3) is 0 Å². The molecule has 100 valence electrons. The van der Waals surface area contributed by atoms with Crippen molar-refractivity contribution < 1.29 is 0 Å². The first-order chi connectivity index (χ1) is 8.78. The van der Waals surface area contributed by atoms with Gasteiger partial charge in [0.1, 0.15) is 0 Å². The summed E-state index contributed by atoms with van der Waals surface area (Å²) in [5.41, 5.74) is 1.36. The molecule has 1 unspecified atom stereocenters. The van der Waals surface area contributed by atoms with Crippen molar-refractivity contribution in [3.63, 3.8) is 0 Å². The Bertz CT molecular complexity index is 350. The Hall–Kier alpha value is -0.570. The van der Waals surface area contributed by atoms with Gasteiger partial charge in [0.15, 0.2) is 0 Å². The minimum atomic E-state index is 0.657. The lowest BCUT2D eigenvalue weighted by atomic mass is 10.1. The number of rotatable bonds is 4. The van der Waals surface area contributed by atoms with Crippen LogP contribution in [0.2, 0.25) is 5.02 Å². The SMILES string of the molecule is CCCC1CN(Cc2ccc(Cl)cc2)CCCN1. The Kier molecular flexibility index (Phi) is 5.48.